The van der Waals surface area contributed by atoms with Crippen molar-refractivity contribution in [2.75, 3.05) is 4.72 Å². The molecule has 0 amide bonds. The minimum Gasteiger partial charge on any atom is -0.294 e. The molecule has 1 fully saturated rings. The number of carbonyl (C=O) groups is 1. The molecule has 2 aromatic rings. The summed E-state index contributed by atoms with van der Waals surface area (Å²) in [6, 6.07) is 10.9. The second kappa shape index (κ2) is 5.53. The van der Waals surface area contributed by atoms with Gasteiger partial charge in [-0.3, -0.25) is 9.52 Å². The van der Waals surface area contributed by atoms with Gasteiger partial charge in [0.05, 0.1) is 4.90 Å². The van der Waals surface area contributed by atoms with Crippen LogP contribution in [0.5, 0.6) is 0 Å². The van der Waals surface area contributed by atoms with Crippen LogP contribution >= 0.6 is 0 Å². The highest BCUT2D eigenvalue weighted by Crippen LogP contribution is 2.32. The number of anilines is 1. The number of Topliss-reactive ketones (excluding diaryl/α,β-unsaturated/α-hetero) is 1. The van der Waals surface area contributed by atoms with Gasteiger partial charge in [-0.1, -0.05) is 12.1 Å². The molecule has 0 aliphatic heterocycles. The van der Waals surface area contributed by atoms with Crippen molar-refractivity contribution in [2.24, 2.45) is 5.92 Å². The lowest BCUT2D eigenvalue weighted by Gasteiger charge is -2.08. The zero-order valence-electron chi connectivity index (χ0n) is 11.6. The predicted molar refractivity (Wildman–Crippen MR) is 80.7 cm³/mol. The highest BCUT2D eigenvalue weighted by Gasteiger charge is 2.30. The molecule has 114 valence electrons. The first-order chi connectivity index (χ1) is 10.5. The minimum atomic E-state index is -3.76. The van der Waals surface area contributed by atoms with E-state index in [1.807, 2.05) is 0 Å². The van der Waals surface area contributed by atoms with E-state index in [-0.39, 0.29) is 22.3 Å². The van der Waals surface area contributed by atoms with E-state index in [0.717, 1.165) is 12.8 Å². The lowest BCUT2D eigenvalue weighted by atomic mass is 10.1. The SMILES string of the molecule is O=C(c1ccc(S(=O)(=O)Nc2ccc(F)cc2)cc1)C1CC1. The normalized spacial score (nSPS) is 14.6. The number of benzene rings is 2. The number of hydrogen-bond acceptors (Lipinski definition) is 3. The van der Waals surface area contributed by atoms with Gasteiger partial charge in [0.1, 0.15) is 5.82 Å². The number of rotatable bonds is 5. The molecule has 1 N–H and O–H groups in total. The lowest BCUT2D eigenvalue weighted by molar-refractivity contribution is 0.0967. The average molecular weight is 319 g/mol. The maximum absolute atomic E-state index is 12.8. The number of nitrogens with one attached hydrogen (secondary N) is 1. The Morgan fingerprint density at radius 1 is 1.00 bits per heavy atom. The van der Waals surface area contributed by atoms with E-state index >= 15 is 0 Å². The zero-order valence-corrected chi connectivity index (χ0v) is 12.4. The fraction of sp³-hybridized carbons (Fsp3) is 0.188. The van der Waals surface area contributed by atoms with Crippen LogP contribution in [0.1, 0.15) is 23.2 Å². The van der Waals surface area contributed by atoms with Crippen LogP contribution in [0.25, 0.3) is 0 Å². The second-order valence-electron chi connectivity index (χ2n) is 5.28. The highest BCUT2D eigenvalue weighted by atomic mass is 32.2. The first kappa shape index (κ1) is 14.7. The Bertz CT molecular complexity index is 794. The topological polar surface area (TPSA) is 63.2 Å². The molecule has 0 bridgehead atoms. The van der Waals surface area contributed by atoms with Crippen molar-refractivity contribution in [3.05, 3.63) is 59.9 Å². The highest BCUT2D eigenvalue weighted by molar-refractivity contribution is 7.92. The van der Waals surface area contributed by atoms with Crippen molar-refractivity contribution < 1.29 is 17.6 Å². The molecule has 3 rings (SSSR count). The standard InChI is InChI=1S/C16H14FNO3S/c17-13-5-7-14(8-6-13)18-22(20,21)15-9-3-12(4-10-15)16(19)11-1-2-11/h3-11,18H,1-2H2. The van der Waals surface area contributed by atoms with Gasteiger partial charge >= 0.3 is 0 Å². The van der Waals surface area contributed by atoms with Crippen molar-refractivity contribution >= 4 is 21.5 Å². The molecule has 1 aliphatic rings. The van der Waals surface area contributed by atoms with Crippen LogP contribution in [0.3, 0.4) is 0 Å². The maximum Gasteiger partial charge on any atom is 0.261 e. The number of ketones is 1. The first-order valence-electron chi connectivity index (χ1n) is 6.88. The van der Waals surface area contributed by atoms with Crippen molar-refractivity contribution in [3.63, 3.8) is 0 Å². The summed E-state index contributed by atoms with van der Waals surface area (Å²) in [6.07, 6.45) is 1.82. The summed E-state index contributed by atoms with van der Waals surface area (Å²) in [5.74, 6) is -0.277. The fourth-order valence-electron chi connectivity index (χ4n) is 2.11. The van der Waals surface area contributed by atoms with Gasteiger partial charge in [0.2, 0.25) is 0 Å². The zero-order chi connectivity index (χ0) is 15.7. The van der Waals surface area contributed by atoms with E-state index in [1.165, 1.54) is 48.5 Å². The third-order valence-corrected chi connectivity index (χ3v) is 4.89. The van der Waals surface area contributed by atoms with E-state index in [0.29, 0.717) is 5.56 Å². The number of halogens is 1. The molecule has 0 atom stereocenters. The molecule has 0 unspecified atom stereocenters. The van der Waals surface area contributed by atoms with Crippen LogP contribution in [-0.2, 0) is 10.0 Å². The Labute approximate surface area is 128 Å². The van der Waals surface area contributed by atoms with Crippen molar-refractivity contribution in [2.45, 2.75) is 17.7 Å². The lowest BCUT2D eigenvalue weighted by Crippen LogP contribution is -2.13. The van der Waals surface area contributed by atoms with Gasteiger partial charge in [0, 0.05) is 17.2 Å². The van der Waals surface area contributed by atoms with E-state index in [2.05, 4.69) is 4.72 Å². The third kappa shape index (κ3) is 3.17. The molecule has 6 heteroatoms. The van der Waals surface area contributed by atoms with E-state index in [1.54, 1.807) is 0 Å². The fourth-order valence-corrected chi connectivity index (χ4v) is 3.17. The Kier molecular flexibility index (Phi) is 3.70. The molecule has 4 nitrogen and oxygen atoms in total. The molecule has 22 heavy (non-hydrogen) atoms. The molecule has 0 heterocycles. The number of carbonyl (C=O) groups excluding carboxylic acids is 1. The van der Waals surface area contributed by atoms with Gasteiger partial charge in [0.25, 0.3) is 10.0 Å². The molecular weight excluding hydrogens is 305 g/mol. The van der Waals surface area contributed by atoms with Crippen LogP contribution in [-0.4, -0.2) is 14.2 Å². The number of sulfonamides is 1. The van der Waals surface area contributed by atoms with Crippen molar-refractivity contribution in [3.8, 4) is 0 Å². The largest absolute Gasteiger partial charge is 0.294 e. The summed E-state index contributed by atoms with van der Waals surface area (Å²) >= 11 is 0. The van der Waals surface area contributed by atoms with Gasteiger partial charge in [0.15, 0.2) is 5.78 Å². The number of hydrogen-bond donors (Lipinski definition) is 1. The molecular formula is C16H14FNO3S. The Morgan fingerprint density at radius 3 is 2.14 bits per heavy atom. The van der Waals surface area contributed by atoms with Crippen LogP contribution in [0.4, 0.5) is 10.1 Å². The minimum absolute atomic E-state index is 0.0594. The summed E-state index contributed by atoms with van der Waals surface area (Å²) in [5.41, 5.74) is 0.808. The Hall–Kier alpha value is -2.21. The van der Waals surface area contributed by atoms with Crippen LogP contribution in [0.15, 0.2) is 53.4 Å². The predicted octanol–water partition coefficient (Wildman–Crippen LogP) is 3.22. The van der Waals surface area contributed by atoms with E-state index < -0.39 is 15.8 Å². The van der Waals surface area contributed by atoms with Gasteiger partial charge < -0.3 is 0 Å². The first-order valence-corrected chi connectivity index (χ1v) is 8.37. The summed E-state index contributed by atoms with van der Waals surface area (Å²) < 4.78 is 39.6. The molecule has 2 aromatic carbocycles. The van der Waals surface area contributed by atoms with E-state index in [4.69, 9.17) is 0 Å². The monoisotopic (exact) mass is 319 g/mol. The third-order valence-electron chi connectivity index (χ3n) is 3.49. The maximum atomic E-state index is 12.8. The van der Waals surface area contributed by atoms with Gasteiger partial charge in [-0.05, 0) is 49.2 Å². The van der Waals surface area contributed by atoms with E-state index in [9.17, 15) is 17.6 Å². The Balaban J connectivity index is 1.79. The van der Waals surface area contributed by atoms with Gasteiger partial charge in [-0.2, -0.15) is 0 Å². The molecule has 0 aromatic heterocycles. The van der Waals surface area contributed by atoms with Crippen molar-refractivity contribution in [1.82, 2.24) is 0 Å². The molecule has 0 saturated heterocycles. The quantitative estimate of drug-likeness (QED) is 0.861. The second-order valence-corrected chi connectivity index (χ2v) is 6.96. The molecule has 0 radical (unpaired) electrons. The molecule has 1 aliphatic carbocycles. The summed E-state index contributed by atoms with van der Waals surface area (Å²) in [6.45, 7) is 0. The van der Waals surface area contributed by atoms with Gasteiger partial charge in [-0.25, -0.2) is 12.8 Å². The summed E-state index contributed by atoms with van der Waals surface area (Å²) in [7, 11) is -3.76. The summed E-state index contributed by atoms with van der Waals surface area (Å²) in [5, 5.41) is 0. The van der Waals surface area contributed by atoms with Crippen LogP contribution in [0.2, 0.25) is 0 Å². The van der Waals surface area contributed by atoms with Crippen LogP contribution < -0.4 is 4.72 Å². The summed E-state index contributed by atoms with van der Waals surface area (Å²) in [4.78, 5) is 11.9. The van der Waals surface area contributed by atoms with Crippen LogP contribution in [0, 0.1) is 11.7 Å². The van der Waals surface area contributed by atoms with Crippen molar-refractivity contribution in [1.29, 1.82) is 0 Å². The average Bonchev–Trinajstić information content (AvgIpc) is 3.34. The smallest absolute Gasteiger partial charge is 0.261 e. The Morgan fingerprint density at radius 2 is 1.59 bits per heavy atom. The molecule has 1 saturated carbocycles. The van der Waals surface area contributed by atoms with Gasteiger partial charge in [-0.15, -0.1) is 0 Å². The molecule has 0 spiro atoms.